The second-order valence-electron chi connectivity index (χ2n) is 4.18. The average Bonchev–Trinajstić information content (AvgIpc) is 2.37. The third-order valence-electron chi connectivity index (χ3n) is 2.78. The van der Waals surface area contributed by atoms with E-state index in [2.05, 4.69) is 0 Å². The lowest BCUT2D eigenvalue weighted by molar-refractivity contribution is -0.117. The van der Waals surface area contributed by atoms with Gasteiger partial charge < -0.3 is 0 Å². The van der Waals surface area contributed by atoms with Gasteiger partial charge in [0.25, 0.3) is 0 Å². The largest absolute Gasteiger partial charge is 0.299 e. The van der Waals surface area contributed by atoms with Gasteiger partial charge in [-0.25, -0.2) is 0 Å². The van der Waals surface area contributed by atoms with Crippen LogP contribution in [0, 0.1) is 0 Å². The van der Waals surface area contributed by atoms with E-state index in [1.807, 2.05) is 18.2 Å². The number of carbonyl (C=O) groups is 1. The van der Waals surface area contributed by atoms with Crippen LogP contribution in [0.25, 0.3) is 0 Å². The lowest BCUT2D eigenvalue weighted by atomic mass is 10.0. The first-order chi connectivity index (χ1) is 9.08. The van der Waals surface area contributed by atoms with E-state index >= 15 is 0 Å². The fraction of sp³-hybridized carbons (Fsp3) is 0.133. The average molecular weight is 314 g/mol. The Hall–Kier alpha value is -1.02. The van der Waals surface area contributed by atoms with E-state index in [9.17, 15) is 4.79 Å². The number of hydrogen-bond acceptors (Lipinski definition) is 1. The van der Waals surface area contributed by atoms with E-state index in [4.69, 9.17) is 34.8 Å². The summed E-state index contributed by atoms with van der Waals surface area (Å²) in [6.07, 6.45) is 0.491. The Balaban J connectivity index is 2.12. The zero-order valence-corrected chi connectivity index (χ0v) is 12.3. The first-order valence-corrected chi connectivity index (χ1v) is 6.89. The Morgan fingerprint density at radius 2 is 1.37 bits per heavy atom. The smallest absolute Gasteiger partial charge is 0.141 e. The molecule has 0 aromatic heterocycles. The number of hydrogen-bond donors (Lipinski definition) is 0. The number of halogens is 3. The Kier molecular flexibility index (Phi) is 4.87. The third kappa shape index (κ3) is 3.73. The quantitative estimate of drug-likeness (QED) is 0.776. The van der Waals surface area contributed by atoms with Crippen LogP contribution in [0.2, 0.25) is 15.1 Å². The van der Waals surface area contributed by atoms with E-state index in [1.165, 1.54) is 0 Å². The first-order valence-electron chi connectivity index (χ1n) is 5.76. The molecule has 0 aliphatic carbocycles. The second-order valence-corrected chi connectivity index (χ2v) is 5.41. The lowest BCUT2D eigenvalue weighted by Crippen LogP contribution is -2.07. The summed E-state index contributed by atoms with van der Waals surface area (Å²) in [4.78, 5) is 12.1. The van der Waals surface area contributed by atoms with E-state index in [-0.39, 0.29) is 18.6 Å². The maximum Gasteiger partial charge on any atom is 0.141 e. The predicted molar refractivity (Wildman–Crippen MR) is 80.3 cm³/mol. The Morgan fingerprint density at radius 3 is 2.00 bits per heavy atom. The minimum atomic E-state index is 0.0306. The van der Waals surface area contributed by atoms with Gasteiger partial charge in [-0.3, -0.25) is 4.79 Å². The van der Waals surface area contributed by atoms with Gasteiger partial charge in [-0.1, -0.05) is 59.1 Å². The van der Waals surface area contributed by atoms with Crippen LogP contribution in [0.5, 0.6) is 0 Å². The van der Waals surface area contributed by atoms with Crippen molar-refractivity contribution in [3.8, 4) is 0 Å². The van der Waals surface area contributed by atoms with Crippen LogP contribution < -0.4 is 0 Å². The molecule has 2 aromatic carbocycles. The molecule has 0 atom stereocenters. The molecule has 1 nitrogen and oxygen atoms in total. The monoisotopic (exact) mass is 312 g/mol. The lowest BCUT2D eigenvalue weighted by Gasteiger charge is -2.07. The zero-order chi connectivity index (χ0) is 13.8. The molecule has 19 heavy (non-hydrogen) atoms. The van der Waals surface area contributed by atoms with Gasteiger partial charge >= 0.3 is 0 Å². The van der Waals surface area contributed by atoms with Crippen LogP contribution in [0.1, 0.15) is 11.1 Å². The Labute approximate surface area is 127 Å². The van der Waals surface area contributed by atoms with Crippen molar-refractivity contribution in [1.82, 2.24) is 0 Å². The van der Waals surface area contributed by atoms with Gasteiger partial charge in [-0.2, -0.15) is 0 Å². The van der Waals surface area contributed by atoms with Crippen molar-refractivity contribution in [3.05, 3.63) is 68.7 Å². The summed E-state index contributed by atoms with van der Waals surface area (Å²) in [6, 6.07) is 12.5. The van der Waals surface area contributed by atoms with Crippen LogP contribution in [-0.2, 0) is 17.6 Å². The van der Waals surface area contributed by atoms with E-state index in [0.29, 0.717) is 20.6 Å². The van der Waals surface area contributed by atoms with Crippen molar-refractivity contribution >= 4 is 40.6 Å². The van der Waals surface area contributed by atoms with Gasteiger partial charge in [0.05, 0.1) is 0 Å². The first kappa shape index (κ1) is 14.4. The summed E-state index contributed by atoms with van der Waals surface area (Å²) in [7, 11) is 0. The Bertz CT molecular complexity index is 588. The molecule has 98 valence electrons. The van der Waals surface area contributed by atoms with Crippen molar-refractivity contribution in [2.45, 2.75) is 12.8 Å². The number of carbonyl (C=O) groups excluding carboxylic acids is 1. The highest BCUT2D eigenvalue weighted by Gasteiger charge is 2.12. The number of rotatable bonds is 4. The maximum atomic E-state index is 12.1. The summed E-state index contributed by atoms with van der Waals surface area (Å²) >= 11 is 18.1. The van der Waals surface area contributed by atoms with Gasteiger partial charge in [0, 0.05) is 27.9 Å². The third-order valence-corrected chi connectivity index (χ3v) is 3.86. The molecular weight excluding hydrogens is 303 g/mol. The van der Waals surface area contributed by atoms with Crippen molar-refractivity contribution in [1.29, 1.82) is 0 Å². The van der Waals surface area contributed by atoms with Crippen molar-refractivity contribution in [2.24, 2.45) is 0 Å². The van der Waals surface area contributed by atoms with E-state index in [1.54, 1.807) is 24.3 Å². The van der Waals surface area contributed by atoms with Gasteiger partial charge in [0.2, 0.25) is 0 Å². The summed E-state index contributed by atoms with van der Waals surface area (Å²) in [5.74, 6) is 0.0306. The minimum Gasteiger partial charge on any atom is -0.299 e. The summed E-state index contributed by atoms with van der Waals surface area (Å²) < 4.78 is 0. The highest BCUT2D eigenvalue weighted by molar-refractivity contribution is 6.36. The van der Waals surface area contributed by atoms with Crippen LogP contribution >= 0.6 is 34.8 Å². The van der Waals surface area contributed by atoms with E-state index < -0.39 is 0 Å². The molecule has 0 fully saturated rings. The molecule has 0 saturated carbocycles. The molecule has 0 heterocycles. The topological polar surface area (TPSA) is 17.1 Å². The Morgan fingerprint density at radius 1 is 0.789 bits per heavy atom. The predicted octanol–water partition coefficient (Wildman–Crippen LogP) is 5.00. The van der Waals surface area contributed by atoms with E-state index in [0.717, 1.165) is 5.56 Å². The van der Waals surface area contributed by atoms with Crippen LogP contribution in [0.15, 0.2) is 42.5 Å². The fourth-order valence-electron chi connectivity index (χ4n) is 1.82. The molecule has 2 rings (SSSR count). The summed E-state index contributed by atoms with van der Waals surface area (Å²) in [5.41, 5.74) is 1.49. The highest BCUT2D eigenvalue weighted by Crippen LogP contribution is 2.25. The molecule has 0 saturated heterocycles. The molecule has 0 aliphatic rings. The molecule has 0 amide bonds. The number of ketones is 1. The molecule has 2 aromatic rings. The molecule has 0 bridgehead atoms. The van der Waals surface area contributed by atoms with Gasteiger partial charge in [0.15, 0.2) is 0 Å². The highest BCUT2D eigenvalue weighted by atomic mass is 35.5. The SMILES string of the molecule is O=C(Cc1ccccc1Cl)Cc1c(Cl)cccc1Cl. The molecule has 0 radical (unpaired) electrons. The van der Waals surface area contributed by atoms with Crippen LogP contribution in [-0.4, -0.2) is 5.78 Å². The van der Waals surface area contributed by atoms with Crippen molar-refractivity contribution in [2.75, 3.05) is 0 Å². The van der Waals surface area contributed by atoms with Gasteiger partial charge in [-0.15, -0.1) is 0 Å². The van der Waals surface area contributed by atoms with Gasteiger partial charge in [0.1, 0.15) is 5.78 Å². The molecule has 0 spiro atoms. The van der Waals surface area contributed by atoms with Crippen LogP contribution in [0.4, 0.5) is 0 Å². The molecule has 0 N–H and O–H groups in total. The van der Waals surface area contributed by atoms with Crippen molar-refractivity contribution < 1.29 is 4.79 Å². The molecule has 0 unspecified atom stereocenters. The maximum absolute atomic E-state index is 12.1. The zero-order valence-electron chi connectivity index (χ0n) is 10.00. The fourth-order valence-corrected chi connectivity index (χ4v) is 2.55. The molecule has 4 heteroatoms. The minimum absolute atomic E-state index is 0.0306. The number of benzene rings is 2. The number of Topliss-reactive ketones (excluding diaryl/α,β-unsaturated/α-hetero) is 1. The molecule has 0 aliphatic heterocycles. The summed E-state index contributed by atoms with van der Waals surface area (Å²) in [5, 5.41) is 1.63. The van der Waals surface area contributed by atoms with Crippen LogP contribution in [0.3, 0.4) is 0 Å². The van der Waals surface area contributed by atoms with Crippen molar-refractivity contribution in [3.63, 3.8) is 0 Å². The molecular formula is C15H11Cl3O. The second kappa shape index (κ2) is 6.42. The van der Waals surface area contributed by atoms with Gasteiger partial charge in [-0.05, 0) is 29.3 Å². The normalized spacial score (nSPS) is 10.5. The summed E-state index contributed by atoms with van der Waals surface area (Å²) in [6.45, 7) is 0. The standard InChI is InChI=1S/C15H11Cl3O/c16-13-5-2-1-4-10(13)8-11(19)9-12-14(17)6-3-7-15(12)18/h1-7H,8-9H2.